The number of carbonyl (C=O) groups is 2. The van der Waals surface area contributed by atoms with Crippen molar-refractivity contribution in [3.63, 3.8) is 0 Å². The summed E-state index contributed by atoms with van der Waals surface area (Å²) < 4.78 is 5.31. The van der Waals surface area contributed by atoms with Gasteiger partial charge in [0.1, 0.15) is 5.60 Å². The third kappa shape index (κ3) is 8.98. The molecule has 8 nitrogen and oxygen atoms in total. The second-order valence-corrected chi connectivity index (χ2v) is 7.88. The molecular weight excluding hydrogens is 461 g/mol. The Morgan fingerprint density at radius 1 is 1.19 bits per heavy atom. The zero-order valence-corrected chi connectivity index (χ0v) is 19.2. The third-order valence-electron chi connectivity index (χ3n) is 4.16. The summed E-state index contributed by atoms with van der Waals surface area (Å²) >= 11 is 0. The molecule has 1 aliphatic carbocycles. The Labute approximate surface area is 179 Å². The van der Waals surface area contributed by atoms with Gasteiger partial charge in [-0.3, -0.25) is 9.79 Å². The van der Waals surface area contributed by atoms with Gasteiger partial charge in [-0.15, -0.1) is 24.0 Å². The summed E-state index contributed by atoms with van der Waals surface area (Å²) in [4.78, 5) is 30.3. The van der Waals surface area contributed by atoms with Crippen molar-refractivity contribution >= 4 is 41.9 Å². The van der Waals surface area contributed by atoms with Crippen molar-refractivity contribution in [2.75, 3.05) is 32.7 Å². The number of nitrogens with zero attached hydrogens (tertiary/aromatic N) is 2. The Bertz CT molecular complexity index is 532. The maximum atomic E-state index is 11.9. The van der Waals surface area contributed by atoms with Crippen LogP contribution in [-0.4, -0.2) is 67.2 Å². The number of nitrogens with one attached hydrogen (secondary N) is 3. The van der Waals surface area contributed by atoms with Crippen LogP contribution < -0.4 is 16.0 Å². The first-order valence-corrected chi connectivity index (χ1v) is 9.59. The van der Waals surface area contributed by atoms with Crippen molar-refractivity contribution in [3.8, 4) is 0 Å². The Balaban J connectivity index is 0.00000364. The zero-order valence-electron chi connectivity index (χ0n) is 16.8. The number of aliphatic imine (C=N–C) groups is 1. The van der Waals surface area contributed by atoms with Crippen LogP contribution in [0, 0.1) is 5.92 Å². The van der Waals surface area contributed by atoms with Crippen molar-refractivity contribution in [1.82, 2.24) is 20.9 Å². The maximum Gasteiger partial charge on any atom is 0.407 e. The summed E-state index contributed by atoms with van der Waals surface area (Å²) in [5.41, 5.74) is -0.496. The molecule has 0 aromatic heterocycles. The van der Waals surface area contributed by atoms with Crippen LogP contribution in [0.15, 0.2) is 4.99 Å². The summed E-state index contributed by atoms with van der Waals surface area (Å²) in [6.07, 6.45) is 2.49. The molecule has 0 bridgehead atoms. The number of amides is 2. The smallest absolute Gasteiger partial charge is 0.407 e. The van der Waals surface area contributed by atoms with Gasteiger partial charge in [0, 0.05) is 32.1 Å². The Morgan fingerprint density at radius 2 is 1.89 bits per heavy atom. The highest BCUT2D eigenvalue weighted by atomic mass is 127. The molecule has 1 saturated carbocycles. The Morgan fingerprint density at radius 3 is 2.48 bits per heavy atom. The number of hydrogen-bond acceptors (Lipinski definition) is 4. The van der Waals surface area contributed by atoms with E-state index >= 15 is 0 Å². The average Bonchev–Trinajstić information content (AvgIpc) is 3.29. The highest BCUT2D eigenvalue weighted by molar-refractivity contribution is 14.0. The molecule has 2 aliphatic rings. The van der Waals surface area contributed by atoms with Crippen molar-refractivity contribution in [2.45, 2.75) is 58.6 Å². The molecule has 156 valence electrons. The minimum Gasteiger partial charge on any atom is -0.444 e. The summed E-state index contributed by atoms with van der Waals surface area (Å²) in [6.45, 7) is 11.0. The first-order valence-electron chi connectivity index (χ1n) is 9.59. The molecule has 9 heteroatoms. The summed E-state index contributed by atoms with van der Waals surface area (Å²) in [5.74, 6) is 1.19. The lowest BCUT2D eigenvalue weighted by Gasteiger charge is -2.23. The molecule has 2 rings (SSSR count). The van der Waals surface area contributed by atoms with E-state index in [1.54, 1.807) is 0 Å². The second kappa shape index (κ2) is 10.9. The van der Waals surface area contributed by atoms with E-state index in [1.807, 2.05) is 27.7 Å². The van der Waals surface area contributed by atoms with Crippen molar-refractivity contribution < 1.29 is 14.3 Å². The normalized spacial score (nSPS) is 19.9. The molecule has 1 aliphatic heterocycles. The van der Waals surface area contributed by atoms with Crippen LogP contribution in [0.3, 0.4) is 0 Å². The van der Waals surface area contributed by atoms with E-state index in [4.69, 9.17) is 4.74 Å². The van der Waals surface area contributed by atoms with Crippen LogP contribution in [-0.2, 0) is 9.53 Å². The zero-order chi connectivity index (χ0) is 19.2. The molecular formula is C18H34IN5O3. The fraction of sp³-hybridized carbons (Fsp3) is 0.833. The van der Waals surface area contributed by atoms with E-state index in [1.165, 1.54) is 0 Å². The second-order valence-electron chi connectivity index (χ2n) is 7.88. The van der Waals surface area contributed by atoms with Crippen LogP contribution in [0.2, 0.25) is 0 Å². The predicted octanol–water partition coefficient (Wildman–Crippen LogP) is 1.70. The number of rotatable bonds is 6. The number of likely N-dealkylation sites (tertiary alicyclic amines) is 1. The largest absolute Gasteiger partial charge is 0.444 e. The topological polar surface area (TPSA) is 95.1 Å². The first-order chi connectivity index (χ1) is 12.3. The molecule has 2 amide bonds. The van der Waals surface area contributed by atoms with Crippen molar-refractivity contribution in [1.29, 1.82) is 0 Å². The number of guanidine groups is 1. The van der Waals surface area contributed by atoms with Crippen LogP contribution in [0.4, 0.5) is 4.79 Å². The van der Waals surface area contributed by atoms with Crippen LogP contribution in [0.25, 0.3) is 0 Å². The standard InChI is InChI=1S/C18H33N5O3.HI/c1-5-19-16(21-10-9-20-15(24)13-6-7-13)23-11-8-14(12-23)22-17(25)26-18(2,3)4;/h13-14H,5-12H2,1-4H3,(H,19,21)(H,20,24)(H,22,25);1H. The quantitative estimate of drug-likeness (QED) is 0.226. The molecule has 27 heavy (non-hydrogen) atoms. The van der Waals surface area contributed by atoms with Gasteiger partial charge in [-0.1, -0.05) is 0 Å². The number of hydrogen-bond donors (Lipinski definition) is 3. The lowest BCUT2D eigenvalue weighted by atomic mass is 10.2. The molecule has 0 aromatic carbocycles. The SMILES string of the molecule is CCNC(=NCCNC(=O)C1CC1)N1CCC(NC(=O)OC(C)(C)C)C1.I. The van der Waals surface area contributed by atoms with Crippen molar-refractivity contribution in [3.05, 3.63) is 0 Å². The molecule has 0 aromatic rings. The monoisotopic (exact) mass is 495 g/mol. The fourth-order valence-electron chi connectivity index (χ4n) is 2.80. The van der Waals surface area contributed by atoms with Gasteiger partial charge in [0.25, 0.3) is 0 Å². The van der Waals surface area contributed by atoms with E-state index in [0.29, 0.717) is 19.6 Å². The van der Waals surface area contributed by atoms with Gasteiger partial charge in [0.05, 0.1) is 12.6 Å². The first kappa shape index (κ1) is 23.8. The minimum absolute atomic E-state index is 0. The molecule has 0 spiro atoms. The Hall–Kier alpha value is -1.26. The Kier molecular flexibility index (Phi) is 9.61. The molecule has 1 atom stereocenters. The van der Waals surface area contributed by atoms with Gasteiger partial charge in [-0.25, -0.2) is 4.79 Å². The average molecular weight is 495 g/mol. The van der Waals surface area contributed by atoms with Gasteiger partial charge >= 0.3 is 6.09 Å². The number of halogens is 1. The lowest BCUT2D eigenvalue weighted by molar-refractivity contribution is -0.122. The number of carbonyl (C=O) groups excluding carboxylic acids is 2. The van der Waals surface area contributed by atoms with Gasteiger partial charge in [-0.05, 0) is 47.0 Å². The molecule has 2 fully saturated rings. The van der Waals surface area contributed by atoms with E-state index in [9.17, 15) is 9.59 Å². The summed E-state index contributed by atoms with van der Waals surface area (Å²) in [6, 6.07) is 0.0447. The highest BCUT2D eigenvalue weighted by Crippen LogP contribution is 2.28. The fourth-order valence-corrected chi connectivity index (χ4v) is 2.80. The minimum atomic E-state index is -0.496. The van der Waals surface area contributed by atoms with Gasteiger partial charge in [0.2, 0.25) is 5.91 Å². The molecule has 0 radical (unpaired) electrons. The number of alkyl carbamates (subject to hydrolysis) is 1. The third-order valence-corrected chi connectivity index (χ3v) is 4.16. The maximum absolute atomic E-state index is 11.9. The number of ether oxygens (including phenoxy) is 1. The highest BCUT2D eigenvalue weighted by Gasteiger charge is 2.29. The molecule has 1 heterocycles. The van der Waals surface area contributed by atoms with Crippen molar-refractivity contribution in [2.24, 2.45) is 10.9 Å². The summed E-state index contributed by atoms with van der Waals surface area (Å²) in [5, 5.41) is 9.12. The van der Waals surface area contributed by atoms with Gasteiger partial charge < -0.3 is 25.6 Å². The van der Waals surface area contributed by atoms with E-state index in [2.05, 4.69) is 25.8 Å². The van der Waals surface area contributed by atoms with Crippen LogP contribution in [0.1, 0.15) is 47.0 Å². The van der Waals surface area contributed by atoms with E-state index in [-0.39, 0.29) is 47.9 Å². The molecule has 3 N–H and O–H groups in total. The summed E-state index contributed by atoms with van der Waals surface area (Å²) in [7, 11) is 0. The predicted molar refractivity (Wildman–Crippen MR) is 116 cm³/mol. The van der Waals surface area contributed by atoms with E-state index in [0.717, 1.165) is 38.3 Å². The van der Waals surface area contributed by atoms with Crippen LogP contribution in [0.5, 0.6) is 0 Å². The molecule has 1 unspecified atom stereocenters. The lowest BCUT2D eigenvalue weighted by Crippen LogP contribution is -2.44. The van der Waals surface area contributed by atoms with Crippen LogP contribution >= 0.6 is 24.0 Å². The van der Waals surface area contributed by atoms with Gasteiger partial charge in [0.15, 0.2) is 5.96 Å². The van der Waals surface area contributed by atoms with E-state index < -0.39 is 5.60 Å². The molecule has 1 saturated heterocycles. The van der Waals surface area contributed by atoms with Gasteiger partial charge in [-0.2, -0.15) is 0 Å².